The second kappa shape index (κ2) is 36.4. The summed E-state index contributed by atoms with van der Waals surface area (Å²) in [7, 11) is -4.25. The van der Waals surface area contributed by atoms with Crippen molar-refractivity contribution in [1.82, 2.24) is 62.3 Å². The molecular weight excluding hydrogens is 1530 g/mol. The number of sulfonamides is 3. The molecule has 0 unspecified atom stereocenters. The fourth-order valence-electron chi connectivity index (χ4n) is 11.4. The molecule has 6 aromatic heterocycles. The molecule has 25 nitrogen and oxygen atoms in total. The smallest absolute Gasteiger partial charge is 0.396 e. The Labute approximate surface area is 639 Å². The Balaban J connectivity index is 0.000000170. The van der Waals surface area contributed by atoms with Gasteiger partial charge in [-0.3, -0.25) is 0 Å². The highest BCUT2D eigenvalue weighted by molar-refractivity contribution is 7.91. The van der Waals surface area contributed by atoms with Crippen molar-refractivity contribution < 1.29 is 70.2 Å². The van der Waals surface area contributed by atoms with Crippen molar-refractivity contribution in [3.8, 4) is 45.0 Å². The fourth-order valence-corrected chi connectivity index (χ4v) is 14.8. The third-order valence-electron chi connectivity index (χ3n) is 17.2. The van der Waals surface area contributed by atoms with Crippen molar-refractivity contribution >= 4 is 62.9 Å². The lowest BCUT2D eigenvalue weighted by atomic mass is 9.90. The standard InChI is InChI=1S/2C20H23N3O3S.C18H18F3N5O2S.C18H17F3N4O2S/c2*1-21-27(25,26)18-9-8-16(19(11-18)20-12-23(2)14-22-20)10-17(13-24)15-6-4-3-5-7-15;1-3-24-29(27,28)13-4-5-15(14(9-13)16-10-26(2)11-23-16)25-17-8-12(6-7-22-17)18(19,20)21;1-3-28(26,27)13-5-6-15(14(8-13)16-10-25(2)11-23-16)24-17-7-4-12(9-22-17)18(19,20)21/h2*3-9,11-12,14,17,21,24H,10,13H2,1-2H3;4-11,24H,3H2,1-2H3,(H,22,25);4-11H,3H2,1-2H3,(H,22,24)/t2*17-;;/m10../s1. The zero-order valence-corrected chi connectivity index (χ0v) is 64.5. The summed E-state index contributed by atoms with van der Waals surface area (Å²) in [6.07, 6.45) is 7.51. The molecule has 0 fully saturated rings. The molecule has 6 heterocycles. The Bertz CT molecular complexity index is 5470. The lowest BCUT2D eigenvalue weighted by Gasteiger charge is -2.17. The van der Waals surface area contributed by atoms with Crippen LogP contribution in [0.1, 0.15) is 59.1 Å². The molecule has 0 saturated heterocycles. The number of benzene rings is 6. The maximum atomic E-state index is 13.0. The van der Waals surface area contributed by atoms with Crippen LogP contribution in [0.2, 0.25) is 0 Å². The van der Waals surface area contributed by atoms with Gasteiger partial charge in [0.2, 0.25) is 30.1 Å². The summed E-state index contributed by atoms with van der Waals surface area (Å²) >= 11 is 0. The molecule has 6 aromatic carbocycles. The number of pyridine rings is 2. The number of hydrogen-bond donors (Lipinski definition) is 7. The highest BCUT2D eigenvalue weighted by Crippen LogP contribution is 2.38. The molecule has 0 spiro atoms. The molecule has 12 aromatic rings. The van der Waals surface area contributed by atoms with Crippen molar-refractivity contribution in [2.75, 3.05) is 50.2 Å². The molecule has 2 atom stereocenters. The molecule has 35 heteroatoms. The van der Waals surface area contributed by atoms with Crippen LogP contribution < -0.4 is 24.8 Å². The number of nitrogens with zero attached hydrogens (tertiary/aromatic N) is 10. The van der Waals surface area contributed by atoms with Crippen LogP contribution in [0, 0.1) is 0 Å². The van der Waals surface area contributed by atoms with E-state index in [1.807, 2.05) is 96.3 Å². The van der Waals surface area contributed by atoms with Crippen LogP contribution in [-0.2, 0) is 93.3 Å². The minimum Gasteiger partial charge on any atom is -0.396 e. The molecule has 0 aliphatic heterocycles. The summed E-state index contributed by atoms with van der Waals surface area (Å²) in [5.74, 6) is -0.0570. The fraction of sp³-hybridized carbons (Fsp3) is 0.237. The molecule has 0 aliphatic carbocycles. The van der Waals surface area contributed by atoms with Gasteiger partial charge in [0.15, 0.2) is 9.84 Å². The van der Waals surface area contributed by atoms with Gasteiger partial charge in [-0.05, 0) is 134 Å². The van der Waals surface area contributed by atoms with E-state index in [9.17, 15) is 70.2 Å². The molecule has 111 heavy (non-hydrogen) atoms. The number of aliphatic hydroxyl groups excluding tert-OH is 2. The minimum atomic E-state index is -4.51. The lowest BCUT2D eigenvalue weighted by molar-refractivity contribution is -0.138. The Kier molecular flexibility index (Phi) is 27.6. The molecule has 0 amide bonds. The highest BCUT2D eigenvalue weighted by Gasteiger charge is 2.32. The van der Waals surface area contributed by atoms with E-state index in [0.29, 0.717) is 58.1 Å². The van der Waals surface area contributed by atoms with Gasteiger partial charge in [-0.1, -0.05) is 86.6 Å². The molecule has 12 rings (SSSR count). The summed E-state index contributed by atoms with van der Waals surface area (Å²) in [6, 6.07) is 42.3. The van der Waals surface area contributed by atoms with Gasteiger partial charge >= 0.3 is 12.4 Å². The van der Waals surface area contributed by atoms with Gasteiger partial charge in [0.05, 0.1) is 97.8 Å². The second-order valence-electron chi connectivity index (χ2n) is 25.2. The Hall–Kier alpha value is -10.8. The van der Waals surface area contributed by atoms with Gasteiger partial charge < -0.3 is 39.1 Å². The van der Waals surface area contributed by atoms with Crippen LogP contribution in [0.5, 0.6) is 0 Å². The number of halogens is 6. The summed E-state index contributed by atoms with van der Waals surface area (Å²) < 4.78 is 189. The molecule has 7 N–H and O–H groups in total. The molecular formula is C76H81F6N15O10S4. The number of imidazole rings is 4. The molecule has 0 aliphatic rings. The van der Waals surface area contributed by atoms with Crippen LogP contribution >= 0.6 is 0 Å². The number of rotatable bonds is 25. The normalized spacial score (nSPS) is 12.5. The molecule has 0 bridgehead atoms. The Morgan fingerprint density at radius 3 is 1.18 bits per heavy atom. The zero-order chi connectivity index (χ0) is 80.6. The SMILES string of the molecule is CCNS(=O)(=O)c1ccc(Nc2cc(C(F)(F)F)ccn2)c(-c2cn(C)cn2)c1.CCS(=O)(=O)c1ccc(Nc2ccc(C(F)(F)F)cn2)c(-c2cn(C)cn2)c1.CNS(=O)(=O)c1ccc(C[C@@H](CO)c2ccccc2)c(-c2cn(C)cn2)c1.CNS(=O)(=O)c1ccc(C[C@H](CO)c2ccccc2)c(-c2cn(C)cn2)c1. The second-order valence-corrected chi connectivity index (χ2v) is 33.0. The van der Waals surface area contributed by atoms with E-state index in [4.69, 9.17) is 0 Å². The summed E-state index contributed by atoms with van der Waals surface area (Å²) in [5, 5.41) is 25.6. The lowest BCUT2D eigenvalue weighted by Crippen LogP contribution is -2.23. The maximum Gasteiger partial charge on any atom is 0.417 e. The van der Waals surface area contributed by atoms with E-state index in [1.165, 1.54) is 56.8 Å². The number of nitrogens with one attached hydrogen (secondary N) is 5. The largest absolute Gasteiger partial charge is 0.417 e. The summed E-state index contributed by atoms with van der Waals surface area (Å²) in [6.45, 7) is 3.43. The van der Waals surface area contributed by atoms with Crippen LogP contribution in [0.25, 0.3) is 45.0 Å². The van der Waals surface area contributed by atoms with Crippen LogP contribution in [0.3, 0.4) is 0 Å². The van der Waals surface area contributed by atoms with E-state index >= 15 is 0 Å². The van der Waals surface area contributed by atoms with Crippen molar-refractivity contribution in [1.29, 1.82) is 0 Å². The van der Waals surface area contributed by atoms with Gasteiger partial charge in [0, 0.05) is 117 Å². The van der Waals surface area contributed by atoms with Crippen LogP contribution in [-0.4, -0.2) is 132 Å². The third kappa shape index (κ3) is 22.1. The average molecular weight is 1610 g/mol. The van der Waals surface area contributed by atoms with E-state index in [2.05, 4.69) is 54.7 Å². The van der Waals surface area contributed by atoms with Crippen molar-refractivity contribution in [2.24, 2.45) is 28.2 Å². The molecule has 0 saturated carbocycles. The van der Waals surface area contributed by atoms with E-state index in [0.717, 1.165) is 64.0 Å². The number of anilines is 4. The van der Waals surface area contributed by atoms with Gasteiger partial charge in [-0.15, -0.1) is 0 Å². The van der Waals surface area contributed by atoms with Crippen molar-refractivity contribution in [2.45, 2.75) is 70.5 Å². The first-order valence-corrected chi connectivity index (χ1v) is 40.2. The quantitative estimate of drug-likeness (QED) is 0.0261. The van der Waals surface area contributed by atoms with Crippen molar-refractivity contribution in [3.05, 3.63) is 254 Å². The summed E-state index contributed by atoms with van der Waals surface area (Å²) in [4.78, 5) is 25.5. The van der Waals surface area contributed by atoms with Crippen LogP contribution in [0.4, 0.5) is 49.4 Å². The predicted molar refractivity (Wildman–Crippen MR) is 411 cm³/mol. The summed E-state index contributed by atoms with van der Waals surface area (Å²) in [5.41, 5.74) is 7.87. The highest BCUT2D eigenvalue weighted by atomic mass is 32.2. The van der Waals surface area contributed by atoms with E-state index in [1.54, 1.807) is 111 Å². The van der Waals surface area contributed by atoms with Gasteiger partial charge in [-0.25, -0.2) is 77.7 Å². The zero-order valence-electron chi connectivity index (χ0n) is 61.2. The van der Waals surface area contributed by atoms with Crippen LogP contribution in [0.15, 0.2) is 240 Å². The first-order chi connectivity index (χ1) is 52.6. The molecule has 0 radical (unpaired) electrons. The minimum absolute atomic E-state index is 0.00222. The number of aliphatic hydroxyl groups is 2. The number of hydrogen-bond acceptors (Lipinski definition) is 18. The van der Waals surface area contributed by atoms with Gasteiger partial charge in [0.25, 0.3) is 0 Å². The Morgan fingerprint density at radius 1 is 0.423 bits per heavy atom. The average Bonchev–Trinajstić information content (AvgIpc) is 1.80. The Morgan fingerprint density at radius 2 is 0.811 bits per heavy atom. The first kappa shape index (κ1) is 84.3. The van der Waals surface area contributed by atoms with E-state index < -0.39 is 63.4 Å². The molecule has 586 valence electrons. The van der Waals surface area contributed by atoms with E-state index in [-0.39, 0.29) is 68.6 Å². The van der Waals surface area contributed by atoms with Crippen molar-refractivity contribution in [3.63, 3.8) is 0 Å². The number of sulfone groups is 1. The monoisotopic (exact) mass is 1610 g/mol. The number of alkyl halides is 6. The topological polar surface area (TPSA) is 334 Å². The number of aromatic nitrogens is 10. The van der Waals surface area contributed by atoms with Gasteiger partial charge in [-0.2, -0.15) is 26.3 Å². The first-order valence-electron chi connectivity index (χ1n) is 34.1. The number of aryl methyl sites for hydroxylation is 4. The predicted octanol–water partition coefficient (Wildman–Crippen LogP) is 12.2. The third-order valence-corrected chi connectivity index (χ3v) is 23.3. The van der Waals surface area contributed by atoms with Gasteiger partial charge in [0.1, 0.15) is 11.6 Å². The maximum absolute atomic E-state index is 13.0.